The first-order chi connectivity index (χ1) is 12.1. The Bertz CT molecular complexity index is 717. The summed E-state index contributed by atoms with van der Waals surface area (Å²) >= 11 is 0. The zero-order valence-corrected chi connectivity index (χ0v) is 13.5. The minimum Gasteiger partial charge on any atom is -0.435 e. The van der Waals surface area contributed by atoms with Gasteiger partial charge in [0.25, 0.3) is 5.91 Å². The SMILES string of the molecule is O=C(c1ccccc1Nc1ccc(OC(F)F)cc1)N1CCOCC1. The van der Waals surface area contributed by atoms with E-state index in [1.165, 1.54) is 12.1 Å². The number of nitrogens with one attached hydrogen (secondary N) is 1. The number of nitrogens with zero attached hydrogens (tertiary/aromatic N) is 1. The number of hydrogen-bond acceptors (Lipinski definition) is 4. The number of carbonyl (C=O) groups excluding carboxylic acids is 1. The smallest absolute Gasteiger partial charge is 0.387 e. The average Bonchev–Trinajstić information content (AvgIpc) is 2.63. The highest BCUT2D eigenvalue weighted by Gasteiger charge is 2.20. The minimum absolute atomic E-state index is 0.0657. The van der Waals surface area contributed by atoms with Crippen molar-refractivity contribution < 1.29 is 23.0 Å². The maximum Gasteiger partial charge on any atom is 0.387 e. The highest BCUT2D eigenvalue weighted by atomic mass is 19.3. The quantitative estimate of drug-likeness (QED) is 0.898. The van der Waals surface area contributed by atoms with Crippen LogP contribution in [0.15, 0.2) is 48.5 Å². The maximum absolute atomic E-state index is 12.7. The third-order valence-electron chi connectivity index (χ3n) is 3.81. The molecule has 1 saturated heterocycles. The Kier molecular flexibility index (Phi) is 5.45. The lowest BCUT2D eigenvalue weighted by Gasteiger charge is -2.27. The van der Waals surface area contributed by atoms with Crippen LogP contribution in [0, 0.1) is 0 Å². The van der Waals surface area contributed by atoms with Gasteiger partial charge in [0.2, 0.25) is 0 Å². The minimum atomic E-state index is -2.86. The Morgan fingerprint density at radius 2 is 1.76 bits per heavy atom. The fourth-order valence-electron chi connectivity index (χ4n) is 2.59. The Morgan fingerprint density at radius 1 is 1.08 bits per heavy atom. The third kappa shape index (κ3) is 4.45. The second kappa shape index (κ2) is 7.94. The molecule has 1 fully saturated rings. The van der Waals surface area contributed by atoms with Crippen molar-refractivity contribution in [3.63, 3.8) is 0 Å². The van der Waals surface area contributed by atoms with Gasteiger partial charge in [-0.3, -0.25) is 4.79 Å². The highest BCUT2D eigenvalue weighted by molar-refractivity contribution is 6.00. The molecule has 0 aromatic heterocycles. The van der Waals surface area contributed by atoms with Crippen LogP contribution in [0.3, 0.4) is 0 Å². The van der Waals surface area contributed by atoms with E-state index in [2.05, 4.69) is 10.1 Å². The van der Waals surface area contributed by atoms with E-state index in [1.807, 2.05) is 6.07 Å². The number of alkyl halides is 2. The summed E-state index contributed by atoms with van der Waals surface area (Å²) in [6.45, 7) is -0.662. The van der Waals surface area contributed by atoms with Gasteiger partial charge in [-0.1, -0.05) is 12.1 Å². The maximum atomic E-state index is 12.7. The Morgan fingerprint density at radius 3 is 2.44 bits per heavy atom. The second-order valence-electron chi connectivity index (χ2n) is 5.48. The molecule has 2 aromatic carbocycles. The number of morpholine rings is 1. The number of halogens is 2. The summed E-state index contributed by atoms with van der Waals surface area (Å²) in [5.41, 5.74) is 1.88. The van der Waals surface area contributed by atoms with Gasteiger partial charge in [0.15, 0.2) is 0 Å². The zero-order valence-electron chi connectivity index (χ0n) is 13.5. The monoisotopic (exact) mass is 348 g/mol. The summed E-state index contributed by atoms with van der Waals surface area (Å²) in [6, 6.07) is 13.3. The van der Waals surface area contributed by atoms with E-state index >= 15 is 0 Å². The van der Waals surface area contributed by atoms with Crippen molar-refractivity contribution in [2.24, 2.45) is 0 Å². The molecule has 0 atom stereocenters. The molecule has 2 aromatic rings. The molecule has 7 heteroatoms. The molecular weight excluding hydrogens is 330 g/mol. The van der Waals surface area contributed by atoms with Crippen LogP contribution in [0.5, 0.6) is 5.75 Å². The summed E-state index contributed by atoms with van der Waals surface area (Å²) in [5, 5.41) is 3.15. The molecule has 25 heavy (non-hydrogen) atoms. The van der Waals surface area contributed by atoms with E-state index in [0.29, 0.717) is 43.2 Å². The molecule has 1 aliphatic heterocycles. The van der Waals surface area contributed by atoms with Crippen LogP contribution < -0.4 is 10.1 Å². The predicted octanol–water partition coefficient (Wildman–Crippen LogP) is 3.50. The topological polar surface area (TPSA) is 50.8 Å². The molecule has 3 rings (SSSR count). The van der Waals surface area contributed by atoms with Crippen molar-refractivity contribution >= 4 is 17.3 Å². The zero-order chi connectivity index (χ0) is 17.6. The number of rotatable bonds is 5. The van der Waals surface area contributed by atoms with Crippen LogP contribution in [0.1, 0.15) is 10.4 Å². The lowest BCUT2D eigenvalue weighted by Crippen LogP contribution is -2.40. The second-order valence-corrected chi connectivity index (χ2v) is 5.48. The van der Waals surface area contributed by atoms with Crippen LogP contribution in [0.4, 0.5) is 20.2 Å². The number of amides is 1. The fraction of sp³-hybridized carbons (Fsp3) is 0.278. The van der Waals surface area contributed by atoms with Gasteiger partial charge in [0, 0.05) is 18.8 Å². The predicted molar refractivity (Wildman–Crippen MR) is 89.5 cm³/mol. The standard InChI is InChI=1S/C18H18F2N2O3/c19-18(20)25-14-7-5-13(6-8-14)21-16-4-2-1-3-15(16)17(23)22-9-11-24-12-10-22/h1-8,18,21H,9-12H2. The summed E-state index contributed by atoms with van der Waals surface area (Å²) in [5.74, 6) is 0.0160. The molecule has 0 saturated carbocycles. The van der Waals surface area contributed by atoms with Crippen molar-refractivity contribution in [1.29, 1.82) is 0 Å². The first-order valence-corrected chi connectivity index (χ1v) is 7.91. The fourth-order valence-corrected chi connectivity index (χ4v) is 2.59. The molecule has 0 radical (unpaired) electrons. The van der Waals surface area contributed by atoms with E-state index in [1.54, 1.807) is 35.2 Å². The molecule has 0 bridgehead atoms. The first kappa shape index (κ1) is 17.2. The van der Waals surface area contributed by atoms with Gasteiger partial charge in [-0.05, 0) is 36.4 Å². The van der Waals surface area contributed by atoms with E-state index in [9.17, 15) is 13.6 Å². The largest absolute Gasteiger partial charge is 0.435 e. The average molecular weight is 348 g/mol. The van der Waals surface area contributed by atoms with Gasteiger partial charge in [-0.2, -0.15) is 8.78 Å². The molecule has 0 unspecified atom stereocenters. The van der Waals surface area contributed by atoms with Gasteiger partial charge in [0.05, 0.1) is 24.5 Å². The van der Waals surface area contributed by atoms with Crippen molar-refractivity contribution in [2.75, 3.05) is 31.6 Å². The molecule has 0 spiro atoms. The molecule has 1 heterocycles. The van der Waals surface area contributed by atoms with Crippen molar-refractivity contribution in [1.82, 2.24) is 4.90 Å². The van der Waals surface area contributed by atoms with Crippen LogP contribution in [0.2, 0.25) is 0 Å². The molecular formula is C18H18F2N2O3. The van der Waals surface area contributed by atoms with Gasteiger partial charge < -0.3 is 19.7 Å². The summed E-state index contributed by atoms with van der Waals surface area (Å²) in [7, 11) is 0. The molecule has 132 valence electrons. The summed E-state index contributed by atoms with van der Waals surface area (Å²) < 4.78 is 34.0. The Hall–Kier alpha value is -2.67. The Balaban J connectivity index is 1.75. The van der Waals surface area contributed by atoms with Crippen molar-refractivity contribution in [2.45, 2.75) is 6.61 Å². The molecule has 0 aliphatic carbocycles. The van der Waals surface area contributed by atoms with E-state index in [0.717, 1.165) is 0 Å². The number of carbonyl (C=O) groups is 1. The lowest BCUT2D eigenvalue weighted by molar-refractivity contribution is -0.0498. The first-order valence-electron chi connectivity index (χ1n) is 7.91. The normalized spacial score (nSPS) is 14.4. The molecule has 1 aliphatic rings. The molecule has 1 N–H and O–H groups in total. The van der Waals surface area contributed by atoms with Crippen LogP contribution in [-0.4, -0.2) is 43.7 Å². The van der Waals surface area contributed by atoms with Crippen molar-refractivity contribution in [3.05, 3.63) is 54.1 Å². The summed E-state index contributed by atoms with van der Waals surface area (Å²) in [4.78, 5) is 14.5. The van der Waals surface area contributed by atoms with E-state index in [4.69, 9.17) is 4.74 Å². The van der Waals surface area contributed by atoms with Crippen LogP contribution in [0.25, 0.3) is 0 Å². The Labute approximate surface area is 144 Å². The number of benzene rings is 2. The van der Waals surface area contributed by atoms with Crippen LogP contribution >= 0.6 is 0 Å². The van der Waals surface area contributed by atoms with E-state index < -0.39 is 6.61 Å². The van der Waals surface area contributed by atoms with Crippen LogP contribution in [-0.2, 0) is 4.74 Å². The number of anilines is 2. The number of para-hydroxylation sites is 1. The summed E-state index contributed by atoms with van der Waals surface area (Å²) in [6.07, 6.45) is 0. The molecule has 1 amide bonds. The lowest BCUT2D eigenvalue weighted by atomic mass is 10.1. The van der Waals surface area contributed by atoms with Gasteiger partial charge in [-0.15, -0.1) is 0 Å². The van der Waals surface area contributed by atoms with Gasteiger partial charge >= 0.3 is 6.61 Å². The number of ether oxygens (including phenoxy) is 2. The highest BCUT2D eigenvalue weighted by Crippen LogP contribution is 2.24. The van der Waals surface area contributed by atoms with E-state index in [-0.39, 0.29) is 11.7 Å². The van der Waals surface area contributed by atoms with Crippen molar-refractivity contribution in [3.8, 4) is 5.75 Å². The van der Waals surface area contributed by atoms with Gasteiger partial charge in [-0.25, -0.2) is 0 Å². The van der Waals surface area contributed by atoms with Gasteiger partial charge in [0.1, 0.15) is 5.75 Å². The molecule has 5 nitrogen and oxygen atoms in total. The number of hydrogen-bond donors (Lipinski definition) is 1. The third-order valence-corrected chi connectivity index (χ3v) is 3.81.